The second-order valence-corrected chi connectivity index (χ2v) is 6.27. The quantitative estimate of drug-likeness (QED) is 0.648. The second kappa shape index (κ2) is 7.81. The lowest BCUT2D eigenvalue weighted by Gasteiger charge is -2.10. The number of ether oxygens (including phenoxy) is 1. The van der Waals surface area contributed by atoms with Crippen LogP contribution in [0, 0.1) is 0 Å². The molecule has 0 bridgehead atoms. The SMILES string of the molecule is CCCNCc1cccc(Oc2ccc(Br)cc2Br)c1. The van der Waals surface area contributed by atoms with Crippen molar-refractivity contribution in [2.75, 3.05) is 6.54 Å². The normalized spacial score (nSPS) is 10.6. The summed E-state index contributed by atoms with van der Waals surface area (Å²) in [6, 6.07) is 14.0. The Morgan fingerprint density at radius 2 is 1.95 bits per heavy atom. The highest BCUT2D eigenvalue weighted by Gasteiger charge is 2.04. The fraction of sp³-hybridized carbons (Fsp3) is 0.250. The lowest BCUT2D eigenvalue weighted by molar-refractivity contribution is 0.478. The lowest BCUT2D eigenvalue weighted by Crippen LogP contribution is -2.13. The summed E-state index contributed by atoms with van der Waals surface area (Å²) >= 11 is 6.94. The molecule has 4 heteroatoms. The Morgan fingerprint density at radius 3 is 2.70 bits per heavy atom. The standard InChI is InChI=1S/C16H17Br2NO/c1-2-8-19-11-12-4-3-5-14(9-12)20-16-7-6-13(17)10-15(16)18/h3-7,9-10,19H,2,8,11H2,1H3. The Morgan fingerprint density at radius 1 is 1.10 bits per heavy atom. The van der Waals surface area contributed by atoms with Gasteiger partial charge in [-0.3, -0.25) is 0 Å². The predicted octanol–water partition coefficient (Wildman–Crippen LogP) is 5.50. The fourth-order valence-corrected chi connectivity index (χ4v) is 2.94. The van der Waals surface area contributed by atoms with Gasteiger partial charge in [-0.05, 0) is 64.8 Å². The number of nitrogens with one attached hydrogen (secondary N) is 1. The average molecular weight is 399 g/mol. The van der Waals surface area contributed by atoms with Gasteiger partial charge in [0.25, 0.3) is 0 Å². The lowest BCUT2D eigenvalue weighted by atomic mass is 10.2. The summed E-state index contributed by atoms with van der Waals surface area (Å²) < 4.78 is 7.87. The van der Waals surface area contributed by atoms with E-state index < -0.39 is 0 Å². The molecular weight excluding hydrogens is 382 g/mol. The molecule has 2 rings (SSSR count). The van der Waals surface area contributed by atoms with Crippen LogP contribution in [0.25, 0.3) is 0 Å². The van der Waals surface area contributed by atoms with Crippen molar-refractivity contribution in [2.45, 2.75) is 19.9 Å². The van der Waals surface area contributed by atoms with Crippen LogP contribution in [0.5, 0.6) is 11.5 Å². The van der Waals surface area contributed by atoms with Gasteiger partial charge in [-0.25, -0.2) is 0 Å². The third kappa shape index (κ3) is 4.62. The van der Waals surface area contributed by atoms with E-state index in [9.17, 15) is 0 Å². The van der Waals surface area contributed by atoms with Crippen LogP contribution in [0.2, 0.25) is 0 Å². The van der Waals surface area contributed by atoms with Crippen molar-refractivity contribution >= 4 is 31.9 Å². The third-order valence-corrected chi connectivity index (χ3v) is 3.89. The molecule has 0 unspecified atom stereocenters. The van der Waals surface area contributed by atoms with Gasteiger partial charge in [0.1, 0.15) is 11.5 Å². The first kappa shape index (κ1) is 15.5. The van der Waals surface area contributed by atoms with Crippen LogP contribution < -0.4 is 10.1 Å². The predicted molar refractivity (Wildman–Crippen MR) is 90.4 cm³/mol. The van der Waals surface area contributed by atoms with Gasteiger partial charge < -0.3 is 10.1 Å². The van der Waals surface area contributed by atoms with E-state index >= 15 is 0 Å². The molecule has 0 amide bonds. The zero-order valence-corrected chi connectivity index (χ0v) is 14.5. The summed E-state index contributed by atoms with van der Waals surface area (Å²) in [4.78, 5) is 0. The first-order valence-electron chi connectivity index (χ1n) is 6.61. The van der Waals surface area contributed by atoms with Gasteiger partial charge in [0.05, 0.1) is 4.47 Å². The van der Waals surface area contributed by atoms with Gasteiger partial charge in [0, 0.05) is 11.0 Å². The molecule has 0 heterocycles. The van der Waals surface area contributed by atoms with E-state index in [4.69, 9.17) is 4.74 Å². The van der Waals surface area contributed by atoms with E-state index in [2.05, 4.69) is 56.2 Å². The molecule has 2 nitrogen and oxygen atoms in total. The van der Waals surface area contributed by atoms with E-state index in [1.807, 2.05) is 30.3 Å². The molecular formula is C16H17Br2NO. The third-order valence-electron chi connectivity index (χ3n) is 2.78. The Labute approximate surface area is 136 Å². The fourth-order valence-electron chi connectivity index (χ4n) is 1.81. The number of halogens is 2. The van der Waals surface area contributed by atoms with Crippen LogP contribution in [0.4, 0.5) is 0 Å². The molecule has 0 fully saturated rings. The molecule has 0 aliphatic heterocycles. The molecule has 2 aromatic carbocycles. The van der Waals surface area contributed by atoms with Crippen LogP contribution >= 0.6 is 31.9 Å². The highest BCUT2D eigenvalue weighted by atomic mass is 79.9. The zero-order valence-electron chi connectivity index (χ0n) is 11.3. The topological polar surface area (TPSA) is 21.3 Å². The van der Waals surface area contributed by atoms with Gasteiger partial charge in [0.2, 0.25) is 0 Å². The van der Waals surface area contributed by atoms with E-state index in [1.165, 1.54) is 5.56 Å². The molecule has 20 heavy (non-hydrogen) atoms. The van der Waals surface area contributed by atoms with Crippen molar-refractivity contribution < 1.29 is 4.74 Å². The van der Waals surface area contributed by atoms with Gasteiger partial charge in [-0.1, -0.05) is 35.0 Å². The molecule has 1 N–H and O–H groups in total. The summed E-state index contributed by atoms with van der Waals surface area (Å²) in [7, 11) is 0. The first-order valence-corrected chi connectivity index (χ1v) is 8.20. The summed E-state index contributed by atoms with van der Waals surface area (Å²) in [5.74, 6) is 1.66. The van der Waals surface area contributed by atoms with E-state index in [0.29, 0.717) is 0 Å². The Bertz CT molecular complexity index is 572. The van der Waals surface area contributed by atoms with Crippen molar-refractivity contribution in [3.8, 4) is 11.5 Å². The molecule has 0 spiro atoms. The molecule has 0 saturated heterocycles. The van der Waals surface area contributed by atoms with Gasteiger partial charge >= 0.3 is 0 Å². The van der Waals surface area contributed by atoms with Crippen molar-refractivity contribution in [1.82, 2.24) is 5.32 Å². The van der Waals surface area contributed by atoms with Crippen LogP contribution in [-0.4, -0.2) is 6.54 Å². The van der Waals surface area contributed by atoms with E-state index in [-0.39, 0.29) is 0 Å². The molecule has 106 valence electrons. The Hall–Kier alpha value is -0.840. The van der Waals surface area contributed by atoms with Crippen LogP contribution in [0.1, 0.15) is 18.9 Å². The molecule has 0 aliphatic rings. The number of hydrogen-bond donors (Lipinski definition) is 1. The van der Waals surface area contributed by atoms with Crippen LogP contribution in [0.15, 0.2) is 51.4 Å². The Balaban J connectivity index is 2.07. The van der Waals surface area contributed by atoms with Gasteiger partial charge in [0.15, 0.2) is 0 Å². The Kier molecular flexibility index (Phi) is 6.07. The van der Waals surface area contributed by atoms with E-state index in [1.54, 1.807) is 0 Å². The van der Waals surface area contributed by atoms with Crippen molar-refractivity contribution in [2.24, 2.45) is 0 Å². The van der Waals surface area contributed by atoms with E-state index in [0.717, 1.165) is 40.0 Å². The average Bonchev–Trinajstić information content (AvgIpc) is 2.43. The maximum absolute atomic E-state index is 5.92. The minimum absolute atomic E-state index is 0.812. The summed E-state index contributed by atoms with van der Waals surface area (Å²) in [6.45, 7) is 4.06. The number of rotatable bonds is 6. The smallest absolute Gasteiger partial charge is 0.141 e. The van der Waals surface area contributed by atoms with Crippen molar-refractivity contribution in [3.05, 3.63) is 57.0 Å². The molecule has 0 radical (unpaired) electrons. The monoisotopic (exact) mass is 397 g/mol. The summed E-state index contributed by atoms with van der Waals surface area (Å²) in [5.41, 5.74) is 1.23. The molecule has 0 aromatic heterocycles. The minimum atomic E-state index is 0.812. The number of hydrogen-bond acceptors (Lipinski definition) is 2. The highest BCUT2D eigenvalue weighted by Crippen LogP contribution is 2.32. The van der Waals surface area contributed by atoms with Crippen molar-refractivity contribution in [1.29, 1.82) is 0 Å². The van der Waals surface area contributed by atoms with Crippen molar-refractivity contribution in [3.63, 3.8) is 0 Å². The van der Waals surface area contributed by atoms with Gasteiger partial charge in [-0.15, -0.1) is 0 Å². The largest absolute Gasteiger partial charge is 0.456 e. The number of benzene rings is 2. The zero-order chi connectivity index (χ0) is 14.4. The highest BCUT2D eigenvalue weighted by molar-refractivity contribution is 9.11. The second-order valence-electron chi connectivity index (χ2n) is 4.50. The first-order chi connectivity index (χ1) is 9.69. The maximum Gasteiger partial charge on any atom is 0.141 e. The molecule has 0 atom stereocenters. The maximum atomic E-state index is 5.92. The molecule has 0 aliphatic carbocycles. The minimum Gasteiger partial charge on any atom is -0.456 e. The molecule has 0 saturated carbocycles. The van der Waals surface area contributed by atoms with Gasteiger partial charge in [-0.2, -0.15) is 0 Å². The van der Waals surface area contributed by atoms with Crippen LogP contribution in [0.3, 0.4) is 0 Å². The summed E-state index contributed by atoms with van der Waals surface area (Å²) in [5, 5.41) is 3.39. The summed E-state index contributed by atoms with van der Waals surface area (Å²) in [6.07, 6.45) is 1.14. The van der Waals surface area contributed by atoms with Crippen LogP contribution in [-0.2, 0) is 6.54 Å². The molecule has 2 aromatic rings.